The normalized spacial score (nSPS) is 23.1. The van der Waals surface area contributed by atoms with Crippen molar-refractivity contribution in [2.45, 2.75) is 370 Å². The molecular formula is C80H139NO13. The molecule has 0 aromatic carbocycles. The van der Waals surface area contributed by atoms with Gasteiger partial charge >= 0.3 is 0 Å². The third-order valence-electron chi connectivity index (χ3n) is 18.0. The number of nitrogens with one attached hydrogen (secondary N) is 1. The number of carbonyl (C=O) groups excluding carboxylic acids is 1. The van der Waals surface area contributed by atoms with E-state index in [0.29, 0.717) is 19.3 Å². The summed E-state index contributed by atoms with van der Waals surface area (Å²) in [7, 11) is 0. The van der Waals surface area contributed by atoms with Gasteiger partial charge in [-0.25, -0.2) is 0 Å². The molecule has 2 rings (SSSR count). The van der Waals surface area contributed by atoms with E-state index in [-0.39, 0.29) is 12.5 Å². The Morgan fingerprint density at radius 2 is 0.734 bits per heavy atom. The summed E-state index contributed by atoms with van der Waals surface area (Å²) in [6.45, 7) is 2.77. The molecule has 2 heterocycles. The van der Waals surface area contributed by atoms with Crippen LogP contribution in [0.4, 0.5) is 0 Å². The molecule has 12 atom stereocenters. The van der Waals surface area contributed by atoms with Crippen LogP contribution in [0.2, 0.25) is 0 Å². The summed E-state index contributed by atoms with van der Waals surface area (Å²) in [5.41, 5.74) is 0. The van der Waals surface area contributed by atoms with Crippen LogP contribution in [0.15, 0.2) is 109 Å². The van der Waals surface area contributed by atoms with Crippen molar-refractivity contribution in [2.75, 3.05) is 19.8 Å². The summed E-state index contributed by atoms with van der Waals surface area (Å²) in [6, 6.07) is -0.841. The highest BCUT2D eigenvalue weighted by molar-refractivity contribution is 5.76. The van der Waals surface area contributed by atoms with Crippen molar-refractivity contribution in [3.8, 4) is 0 Å². The Morgan fingerprint density at radius 3 is 1.13 bits per heavy atom. The maximum Gasteiger partial charge on any atom is 0.220 e. The van der Waals surface area contributed by atoms with Crippen molar-refractivity contribution in [3.05, 3.63) is 109 Å². The average Bonchev–Trinajstić information content (AvgIpc) is 0.794. The number of ether oxygens (including phenoxy) is 4. The zero-order valence-corrected chi connectivity index (χ0v) is 59.2. The Hall–Kier alpha value is -3.35. The summed E-state index contributed by atoms with van der Waals surface area (Å²) in [5, 5.41) is 87.8. The fraction of sp³-hybridized carbons (Fsp3) is 0.762. The summed E-state index contributed by atoms with van der Waals surface area (Å²) in [4.78, 5) is 13.4. The quantitative estimate of drug-likeness (QED) is 0.0204. The molecule has 2 fully saturated rings. The van der Waals surface area contributed by atoms with Crippen LogP contribution >= 0.6 is 0 Å². The standard InChI is InChI=1S/C80H139NO13/c1-3-5-7-9-11-13-15-17-19-21-23-25-27-28-29-30-31-32-33-34-35-36-37-38-39-40-42-44-46-48-50-52-54-56-58-60-62-64-72(85)81-68(67-91-79-77(90)75(88)78(71(66-83)93-79)94-80-76(89)74(87)73(86)70(65-82)92-80)69(84)63-61-59-57-55-53-51-49-47-45-43-41-26-24-22-20-18-16-14-12-10-8-6-4-2/h5,7,11,13,17,19,23,25,28-29,31-32,34-35,37-38,40,42,68-71,73-80,82-84,86-90H,3-4,6,8-10,12,14-16,18,20-22,24,26-27,30,33,36,39,41,43-67H2,1-2H3,(H,81,85)/b7-5-,13-11-,19-17-,25-23-,29-28-,32-31-,35-34-,38-37-,42-40-. The first-order chi connectivity index (χ1) is 46.1. The highest BCUT2D eigenvalue weighted by Crippen LogP contribution is 2.30. The second kappa shape index (κ2) is 63.1. The van der Waals surface area contributed by atoms with Gasteiger partial charge in [-0.3, -0.25) is 4.79 Å². The summed E-state index contributed by atoms with van der Waals surface area (Å²) < 4.78 is 22.9. The fourth-order valence-electron chi connectivity index (χ4n) is 12.0. The van der Waals surface area contributed by atoms with E-state index < -0.39 is 86.8 Å². The third-order valence-corrected chi connectivity index (χ3v) is 18.0. The van der Waals surface area contributed by atoms with Crippen molar-refractivity contribution in [1.29, 1.82) is 0 Å². The number of aliphatic hydroxyl groups excluding tert-OH is 8. The minimum absolute atomic E-state index is 0.214. The monoisotopic (exact) mass is 1320 g/mol. The number of amides is 1. The van der Waals surface area contributed by atoms with Gasteiger partial charge in [-0.15, -0.1) is 0 Å². The van der Waals surface area contributed by atoms with E-state index in [1.807, 2.05) is 0 Å². The minimum Gasteiger partial charge on any atom is -0.394 e. The van der Waals surface area contributed by atoms with Crippen LogP contribution < -0.4 is 5.32 Å². The maximum absolute atomic E-state index is 13.4. The predicted molar refractivity (Wildman–Crippen MR) is 387 cm³/mol. The van der Waals surface area contributed by atoms with Crippen LogP contribution in [0.25, 0.3) is 0 Å². The Balaban J connectivity index is 1.64. The molecule has 0 aliphatic carbocycles. The number of rotatable bonds is 62. The maximum atomic E-state index is 13.4. The van der Waals surface area contributed by atoms with Gasteiger partial charge in [0.15, 0.2) is 12.6 Å². The van der Waals surface area contributed by atoms with Gasteiger partial charge in [0.2, 0.25) is 5.91 Å². The largest absolute Gasteiger partial charge is 0.394 e. The number of hydrogen-bond donors (Lipinski definition) is 9. The van der Waals surface area contributed by atoms with Gasteiger partial charge in [0, 0.05) is 6.42 Å². The molecule has 12 unspecified atom stereocenters. The van der Waals surface area contributed by atoms with Crippen LogP contribution in [0.1, 0.15) is 296 Å². The Morgan fingerprint density at radius 1 is 0.394 bits per heavy atom. The van der Waals surface area contributed by atoms with Gasteiger partial charge in [-0.2, -0.15) is 0 Å². The first-order valence-corrected chi connectivity index (χ1v) is 38.1. The van der Waals surface area contributed by atoms with E-state index >= 15 is 0 Å². The second-order valence-corrected chi connectivity index (χ2v) is 26.4. The van der Waals surface area contributed by atoms with Gasteiger partial charge in [-0.05, 0) is 83.5 Å². The number of allylic oxidation sites excluding steroid dienone is 18. The van der Waals surface area contributed by atoms with Gasteiger partial charge in [-0.1, -0.05) is 316 Å². The molecule has 0 spiro atoms. The molecule has 0 aromatic heterocycles. The topological polar surface area (TPSA) is 228 Å². The number of carbonyl (C=O) groups is 1. The lowest BCUT2D eigenvalue weighted by molar-refractivity contribution is -0.359. The lowest BCUT2D eigenvalue weighted by Crippen LogP contribution is -2.65. The number of hydrogen-bond acceptors (Lipinski definition) is 13. The van der Waals surface area contributed by atoms with Crippen LogP contribution in [-0.4, -0.2) is 140 Å². The summed E-state index contributed by atoms with van der Waals surface area (Å²) in [6.07, 6.45) is 73.9. The molecule has 94 heavy (non-hydrogen) atoms. The van der Waals surface area contributed by atoms with E-state index in [1.54, 1.807) is 0 Å². The molecule has 14 heteroatoms. The van der Waals surface area contributed by atoms with E-state index in [4.69, 9.17) is 18.9 Å². The molecular weight excluding hydrogens is 1180 g/mol. The van der Waals surface area contributed by atoms with Crippen LogP contribution in [0, 0.1) is 0 Å². The van der Waals surface area contributed by atoms with E-state index in [9.17, 15) is 45.6 Å². The van der Waals surface area contributed by atoms with Crippen molar-refractivity contribution in [3.63, 3.8) is 0 Å². The van der Waals surface area contributed by atoms with Crippen molar-refractivity contribution in [2.24, 2.45) is 0 Å². The van der Waals surface area contributed by atoms with Crippen molar-refractivity contribution < 1.29 is 64.6 Å². The van der Waals surface area contributed by atoms with E-state index in [0.717, 1.165) is 109 Å². The first-order valence-electron chi connectivity index (χ1n) is 38.1. The highest BCUT2D eigenvalue weighted by atomic mass is 16.7. The lowest BCUT2D eigenvalue weighted by Gasteiger charge is -2.46. The molecule has 2 saturated heterocycles. The van der Waals surface area contributed by atoms with Gasteiger partial charge < -0.3 is 65.1 Å². The average molecular weight is 1320 g/mol. The lowest BCUT2D eigenvalue weighted by atomic mass is 9.97. The van der Waals surface area contributed by atoms with E-state index in [2.05, 4.69) is 129 Å². The van der Waals surface area contributed by atoms with Crippen molar-refractivity contribution in [1.82, 2.24) is 5.32 Å². The number of aliphatic hydroxyl groups is 8. The molecule has 1 amide bonds. The third kappa shape index (κ3) is 46.0. The van der Waals surface area contributed by atoms with Crippen molar-refractivity contribution >= 4 is 5.91 Å². The minimum atomic E-state index is -1.79. The van der Waals surface area contributed by atoms with Crippen LogP contribution in [0.3, 0.4) is 0 Å². The molecule has 14 nitrogen and oxygen atoms in total. The Bertz CT molecular complexity index is 2000. The van der Waals surface area contributed by atoms with Crippen LogP contribution in [0.5, 0.6) is 0 Å². The Labute approximate surface area is 572 Å². The smallest absolute Gasteiger partial charge is 0.220 e. The Kier molecular flexibility index (Phi) is 58.2. The second-order valence-electron chi connectivity index (χ2n) is 26.4. The van der Waals surface area contributed by atoms with Gasteiger partial charge in [0.05, 0.1) is 32.0 Å². The van der Waals surface area contributed by atoms with E-state index in [1.165, 1.54) is 154 Å². The predicted octanol–water partition coefficient (Wildman–Crippen LogP) is 16.7. The van der Waals surface area contributed by atoms with Gasteiger partial charge in [0.1, 0.15) is 48.8 Å². The molecule has 2 aliphatic rings. The molecule has 0 radical (unpaired) electrons. The highest BCUT2D eigenvalue weighted by Gasteiger charge is 2.51. The summed E-state index contributed by atoms with van der Waals surface area (Å²) >= 11 is 0. The molecule has 542 valence electrons. The van der Waals surface area contributed by atoms with Crippen LogP contribution in [-0.2, 0) is 23.7 Å². The summed E-state index contributed by atoms with van der Waals surface area (Å²) in [5.74, 6) is -0.214. The zero-order valence-electron chi connectivity index (χ0n) is 59.2. The fourth-order valence-corrected chi connectivity index (χ4v) is 12.0. The molecule has 0 aromatic rings. The number of unbranched alkanes of at least 4 members (excludes halogenated alkanes) is 31. The van der Waals surface area contributed by atoms with Gasteiger partial charge in [0.25, 0.3) is 0 Å². The molecule has 0 bridgehead atoms. The molecule has 2 aliphatic heterocycles. The first kappa shape index (κ1) is 86.7. The molecule has 9 N–H and O–H groups in total. The molecule has 0 saturated carbocycles. The SMILES string of the molecule is CC/C=C\C/C=C\C/C=C\C/C=C\C/C=C\C/C=C\C/C=C\C/C=C\C/C=C\CCCCCCCCCCCC(=O)NC(COC1OC(CO)C(OC2OC(CO)C(O)C(O)C2O)C(O)C1O)C(O)CCCCCCCCCCCCCCCCCCCCCCCCC. The zero-order chi connectivity index (χ0) is 68.0.